The molecule has 1 fully saturated rings. The third-order valence-corrected chi connectivity index (χ3v) is 4.19. The summed E-state index contributed by atoms with van der Waals surface area (Å²) >= 11 is 0. The van der Waals surface area contributed by atoms with Gasteiger partial charge in [-0.25, -0.2) is 0 Å². The fourth-order valence-electron chi connectivity index (χ4n) is 2.74. The maximum atomic E-state index is 12.4. The van der Waals surface area contributed by atoms with E-state index in [9.17, 15) is 9.59 Å². The highest BCUT2D eigenvalue weighted by Gasteiger charge is 2.16. The van der Waals surface area contributed by atoms with Crippen molar-refractivity contribution in [3.63, 3.8) is 0 Å². The quantitative estimate of drug-likeness (QED) is 0.836. The van der Waals surface area contributed by atoms with Crippen LogP contribution in [-0.4, -0.2) is 38.2 Å². The summed E-state index contributed by atoms with van der Waals surface area (Å²) in [5.74, 6) is 0.238. The molecule has 0 bridgehead atoms. The number of nitrogens with one attached hydrogen (secondary N) is 2. The Balaban J connectivity index is 1.60. The van der Waals surface area contributed by atoms with Crippen LogP contribution in [0.1, 0.15) is 33.6 Å². The van der Waals surface area contributed by atoms with Crippen LogP contribution in [0.2, 0.25) is 0 Å². The SMILES string of the molecule is CNC(=O)c1ccc(NC(=O)c2cccc(OC[C@H]3CCCO3)c2)cc1. The first-order valence-corrected chi connectivity index (χ1v) is 8.63. The highest BCUT2D eigenvalue weighted by molar-refractivity contribution is 6.04. The van der Waals surface area contributed by atoms with E-state index < -0.39 is 0 Å². The fraction of sp³-hybridized carbons (Fsp3) is 0.300. The molecule has 1 atom stereocenters. The van der Waals surface area contributed by atoms with Crippen molar-refractivity contribution >= 4 is 17.5 Å². The van der Waals surface area contributed by atoms with Gasteiger partial charge in [0.2, 0.25) is 0 Å². The molecule has 1 aliphatic rings. The lowest BCUT2D eigenvalue weighted by Gasteiger charge is -2.12. The lowest BCUT2D eigenvalue weighted by Crippen LogP contribution is -2.18. The van der Waals surface area contributed by atoms with Gasteiger partial charge in [0.25, 0.3) is 11.8 Å². The molecular weight excluding hydrogens is 332 g/mol. The molecule has 26 heavy (non-hydrogen) atoms. The molecule has 2 aromatic rings. The topological polar surface area (TPSA) is 76.7 Å². The van der Waals surface area contributed by atoms with Gasteiger partial charge >= 0.3 is 0 Å². The maximum Gasteiger partial charge on any atom is 0.255 e. The Morgan fingerprint density at radius 1 is 1.12 bits per heavy atom. The molecule has 0 unspecified atom stereocenters. The van der Waals surface area contributed by atoms with Crippen molar-refractivity contribution in [3.8, 4) is 5.75 Å². The van der Waals surface area contributed by atoms with E-state index in [0.717, 1.165) is 19.4 Å². The number of carbonyl (C=O) groups excluding carboxylic acids is 2. The average Bonchev–Trinajstić information content (AvgIpc) is 3.20. The van der Waals surface area contributed by atoms with E-state index in [1.807, 2.05) is 6.07 Å². The molecular formula is C20H22N2O4. The smallest absolute Gasteiger partial charge is 0.255 e. The van der Waals surface area contributed by atoms with Crippen molar-refractivity contribution < 1.29 is 19.1 Å². The van der Waals surface area contributed by atoms with Crippen molar-refractivity contribution in [2.45, 2.75) is 18.9 Å². The molecule has 1 aliphatic heterocycles. The van der Waals surface area contributed by atoms with Crippen molar-refractivity contribution in [1.29, 1.82) is 0 Å². The van der Waals surface area contributed by atoms with E-state index in [-0.39, 0.29) is 17.9 Å². The minimum absolute atomic E-state index is 0.131. The normalized spacial score (nSPS) is 16.1. The van der Waals surface area contributed by atoms with E-state index in [4.69, 9.17) is 9.47 Å². The van der Waals surface area contributed by atoms with Gasteiger partial charge in [0.1, 0.15) is 12.4 Å². The van der Waals surface area contributed by atoms with E-state index in [0.29, 0.717) is 29.2 Å². The van der Waals surface area contributed by atoms with Gasteiger partial charge in [-0.3, -0.25) is 9.59 Å². The van der Waals surface area contributed by atoms with Gasteiger partial charge in [0.05, 0.1) is 6.10 Å². The van der Waals surface area contributed by atoms with E-state index in [1.165, 1.54) is 0 Å². The zero-order valence-electron chi connectivity index (χ0n) is 14.7. The molecule has 0 radical (unpaired) electrons. The van der Waals surface area contributed by atoms with Crippen LogP contribution in [0.5, 0.6) is 5.75 Å². The second-order valence-corrected chi connectivity index (χ2v) is 6.08. The molecule has 0 aromatic heterocycles. The Morgan fingerprint density at radius 2 is 1.92 bits per heavy atom. The molecule has 3 rings (SSSR count). The number of rotatable bonds is 6. The fourth-order valence-corrected chi connectivity index (χ4v) is 2.74. The van der Waals surface area contributed by atoms with Crippen molar-refractivity contribution in [3.05, 3.63) is 59.7 Å². The molecule has 136 valence electrons. The number of hydrogen-bond donors (Lipinski definition) is 2. The van der Waals surface area contributed by atoms with Gasteiger partial charge in [-0.05, 0) is 55.3 Å². The minimum Gasteiger partial charge on any atom is -0.491 e. The zero-order chi connectivity index (χ0) is 18.4. The zero-order valence-corrected chi connectivity index (χ0v) is 14.7. The molecule has 0 spiro atoms. The molecule has 1 saturated heterocycles. The van der Waals surface area contributed by atoms with Gasteiger partial charge in [0, 0.05) is 30.5 Å². The third-order valence-electron chi connectivity index (χ3n) is 4.19. The first kappa shape index (κ1) is 17.9. The summed E-state index contributed by atoms with van der Waals surface area (Å²) in [5, 5.41) is 5.37. The molecule has 2 amide bonds. The van der Waals surface area contributed by atoms with E-state index in [1.54, 1.807) is 49.5 Å². The summed E-state index contributed by atoms with van der Waals surface area (Å²) in [5.41, 5.74) is 1.66. The monoisotopic (exact) mass is 354 g/mol. The second kappa shape index (κ2) is 8.49. The molecule has 6 nitrogen and oxygen atoms in total. The highest BCUT2D eigenvalue weighted by atomic mass is 16.5. The van der Waals surface area contributed by atoms with Gasteiger partial charge in [0.15, 0.2) is 0 Å². The Kier molecular flexibility index (Phi) is 5.86. The van der Waals surface area contributed by atoms with Crippen LogP contribution >= 0.6 is 0 Å². The van der Waals surface area contributed by atoms with E-state index in [2.05, 4.69) is 10.6 Å². The number of ether oxygens (including phenoxy) is 2. The summed E-state index contributed by atoms with van der Waals surface area (Å²) in [6.45, 7) is 1.28. The lowest BCUT2D eigenvalue weighted by molar-refractivity contribution is 0.0679. The molecule has 1 heterocycles. The van der Waals surface area contributed by atoms with E-state index >= 15 is 0 Å². The molecule has 2 N–H and O–H groups in total. The number of benzene rings is 2. The average molecular weight is 354 g/mol. The molecule has 6 heteroatoms. The Morgan fingerprint density at radius 3 is 2.62 bits per heavy atom. The predicted octanol–water partition coefficient (Wildman–Crippen LogP) is 2.86. The minimum atomic E-state index is -0.236. The van der Waals surface area contributed by atoms with Gasteiger partial charge < -0.3 is 20.1 Å². The van der Waals surface area contributed by atoms with Gasteiger partial charge in [-0.2, -0.15) is 0 Å². The van der Waals surface area contributed by atoms with Crippen LogP contribution < -0.4 is 15.4 Å². The van der Waals surface area contributed by atoms with Crippen LogP contribution in [0.15, 0.2) is 48.5 Å². The van der Waals surface area contributed by atoms with Crippen LogP contribution in [0.3, 0.4) is 0 Å². The Labute approximate surface area is 152 Å². The summed E-state index contributed by atoms with van der Waals surface area (Å²) in [6.07, 6.45) is 2.20. The summed E-state index contributed by atoms with van der Waals surface area (Å²) < 4.78 is 11.3. The maximum absolute atomic E-state index is 12.4. The van der Waals surface area contributed by atoms with Crippen LogP contribution in [0, 0.1) is 0 Å². The van der Waals surface area contributed by atoms with Crippen molar-refractivity contribution in [2.75, 3.05) is 25.6 Å². The standard InChI is InChI=1S/C20H22N2O4/c1-21-19(23)14-7-9-16(10-8-14)22-20(24)15-4-2-5-17(12-15)26-13-18-6-3-11-25-18/h2,4-5,7-10,12,18H,3,6,11,13H2,1H3,(H,21,23)(H,22,24)/t18-/m1/s1. The molecule has 2 aromatic carbocycles. The summed E-state index contributed by atoms with van der Waals surface area (Å²) in [4.78, 5) is 24.0. The predicted molar refractivity (Wildman–Crippen MR) is 98.7 cm³/mol. The largest absolute Gasteiger partial charge is 0.491 e. The highest BCUT2D eigenvalue weighted by Crippen LogP contribution is 2.18. The summed E-state index contributed by atoms with van der Waals surface area (Å²) in [7, 11) is 1.58. The first-order valence-electron chi connectivity index (χ1n) is 8.63. The van der Waals surface area contributed by atoms with Crippen molar-refractivity contribution in [2.24, 2.45) is 0 Å². The number of hydrogen-bond acceptors (Lipinski definition) is 4. The molecule has 0 saturated carbocycles. The summed E-state index contributed by atoms with van der Waals surface area (Å²) in [6, 6.07) is 13.8. The first-order chi connectivity index (χ1) is 12.7. The number of carbonyl (C=O) groups is 2. The van der Waals surface area contributed by atoms with Gasteiger partial charge in [-0.15, -0.1) is 0 Å². The number of amides is 2. The Bertz CT molecular complexity index is 768. The Hall–Kier alpha value is -2.86. The third kappa shape index (κ3) is 4.61. The lowest BCUT2D eigenvalue weighted by atomic mass is 10.1. The van der Waals surface area contributed by atoms with Crippen LogP contribution in [0.25, 0.3) is 0 Å². The number of anilines is 1. The van der Waals surface area contributed by atoms with Crippen LogP contribution in [-0.2, 0) is 4.74 Å². The van der Waals surface area contributed by atoms with Crippen LogP contribution in [0.4, 0.5) is 5.69 Å². The van der Waals surface area contributed by atoms with Crippen molar-refractivity contribution in [1.82, 2.24) is 5.32 Å². The molecule has 0 aliphatic carbocycles. The second-order valence-electron chi connectivity index (χ2n) is 6.08. The van der Waals surface area contributed by atoms with Gasteiger partial charge in [-0.1, -0.05) is 6.07 Å².